The van der Waals surface area contributed by atoms with Gasteiger partial charge in [0.2, 0.25) is 0 Å². The van der Waals surface area contributed by atoms with Gasteiger partial charge in [-0.3, -0.25) is 9.59 Å². The van der Waals surface area contributed by atoms with Gasteiger partial charge in [0, 0.05) is 11.2 Å². The molecule has 0 heterocycles. The van der Waals surface area contributed by atoms with E-state index in [-0.39, 0.29) is 0 Å². The summed E-state index contributed by atoms with van der Waals surface area (Å²) in [7, 11) is 0. The lowest BCUT2D eigenvalue weighted by Gasteiger charge is -2.19. The maximum absolute atomic E-state index is 11.7. The third-order valence-electron chi connectivity index (χ3n) is 2.73. The molecule has 0 aliphatic rings. The first-order valence-electron chi connectivity index (χ1n) is 7.04. The molecule has 1 aromatic rings. The molecule has 0 aliphatic heterocycles. The highest BCUT2D eigenvalue weighted by atomic mass is 16.2. The molecule has 2 N–H and O–H groups in total. The van der Waals surface area contributed by atoms with E-state index >= 15 is 0 Å². The first-order chi connectivity index (χ1) is 9.31. The topological polar surface area (TPSA) is 58.2 Å². The zero-order valence-electron chi connectivity index (χ0n) is 12.7. The third-order valence-corrected chi connectivity index (χ3v) is 2.73. The van der Waals surface area contributed by atoms with Crippen LogP contribution in [0.2, 0.25) is 0 Å². The predicted octanol–water partition coefficient (Wildman–Crippen LogP) is 2.88. The van der Waals surface area contributed by atoms with Crippen molar-refractivity contribution in [2.75, 3.05) is 5.32 Å². The van der Waals surface area contributed by atoms with Crippen molar-refractivity contribution in [1.82, 2.24) is 5.32 Å². The summed E-state index contributed by atoms with van der Waals surface area (Å²) in [5.41, 5.74) is 1.46. The number of nitrogens with one attached hydrogen (secondary N) is 2. The van der Waals surface area contributed by atoms with Crippen LogP contribution in [0.3, 0.4) is 0 Å². The van der Waals surface area contributed by atoms with Crippen molar-refractivity contribution in [2.45, 2.75) is 52.5 Å². The highest BCUT2D eigenvalue weighted by Gasteiger charge is 2.20. The van der Waals surface area contributed by atoms with E-state index in [0.29, 0.717) is 5.69 Å². The third kappa shape index (κ3) is 5.87. The molecule has 4 nitrogen and oxygen atoms in total. The highest BCUT2D eigenvalue weighted by Crippen LogP contribution is 2.11. The van der Waals surface area contributed by atoms with Gasteiger partial charge in [0.25, 0.3) is 0 Å². The van der Waals surface area contributed by atoms with Crippen LogP contribution < -0.4 is 10.6 Å². The Hall–Kier alpha value is -1.84. The molecular formula is C16H24N2O2. The average Bonchev–Trinajstić information content (AvgIpc) is 2.36. The Morgan fingerprint density at radius 3 is 2.15 bits per heavy atom. The minimum absolute atomic E-state index is 0.418. The fraction of sp³-hybridized carbons (Fsp3) is 0.500. The van der Waals surface area contributed by atoms with Gasteiger partial charge in [0.15, 0.2) is 0 Å². The monoisotopic (exact) mass is 276 g/mol. The van der Waals surface area contributed by atoms with E-state index in [1.807, 2.05) is 45.0 Å². The summed E-state index contributed by atoms with van der Waals surface area (Å²) in [6.45, 7) is 7.66. The molecule has 2 amide bonds. The van der Waals surface area contributed by atoms with Crippen LogP contribution in [0, 0.1) is 0 Å². The van der Waals surface area contributed by atoms with Crippen LogP contribution in [-0.4, -0.2) is 17.4 Å². The van der Waals surface area contributed by atoms with E-state index in [0.717, 1.165) is 19.3 Å². The second-order valence-corrected chi connectivity index (χ2v) is 5.96. The fourth-order valence-electron chi connectivity index (χ4n) is 1.72. The number of unbranched alkanes of at least 4 members (excludes halogenated alkanes) is 1. The SMILES string of the molecule is CCCCc1ccc(NC(=O)C(=O)NC(C)(C)C)cc1. The fourth-order valence-corrected chi connectivity index (χ4v) is 1.72. The Kier molecular flexibility index (Phi) is 5.74. The standard InChI is InChI=1S/C16H24N2O2/c1-5-6-7-12-8-10-13(11-9-12)17-14(19)15(20)18-16(2,3)4/h8-11H,5-7H2,1-4H3,(H,17,19)(H,18,20). The Labute approximate surface area is 121 Å². The average molecular weight is 276 g/mol. The Bertz CT molecular complexity index is 458. The van der Waals surface area contributed by atoms with Gasteiger partial charge >= 0.3 is 11.8 Å². The second-order valence-electron chi connectivity index (χ2n) is 5.96. The van der Waals surface area contributed by atoms with Crippen LogP contribution in [0.5, 0.6) is 0 Å². The maximum Gasteiger partial charge on any atom is 0.313 e. The molecule has 0 spiro atoms. The van der Waals surface area contributed by atoms with E-state index in [2.05, 4.69) is 17.6 Å². The van der Waals surface area contributed by atoms with Crippen LogP contribution in [0.25, 0.3) is 0 Å². The van der Waals surface area contributed by atoms with Gasteiger partial charge in [0.05, 0.1) is 0 Å². The summed E-state index contributed by atoms with van der Waals surface area (Å²) in [6.07, 6.45) is 3.35. The Balaban J connectivity index is 2.56. The number of rotatable bonds is 4. The molecule has 4 heteroatoms. The first kappa shape index (κ1) is 16.2. The van der Waals surface area contributed by atoms with Crippen molar-refractivity contribution in [3.63, 3.8) is 0 Å². The van der Waals surface area contributed by atoms with Gasteiger partial charge in [-0.2, -0.15) is 0 Å². The molecule has 0 saturated heterocycles. The summed E-state index contributed by atoms with van der Waals surface area (Å²) < 4.78 is 0. The van der Waals surface area contributed by atoms with Crippen molar-refractivity contribution < 1.29 is 9.59 Å². The van der Waals surface area contributed by atoms with Crippen molar-refractivity contribution >= 4 is 17.5 Å². The molecule has 0 radical (unpaired) electrons. The lowest BCUT2D eigenvalue weighted by molar-refractivity contribution is -0.137. The molecule has 0 atom stereocenters. The lowest BCUT2D eigenvalue weighted by atomic mass is 10.1. The molecular weight excluding hydrogens is 252 g/mol. The summed E-state index contributed by atoms with van der Waals surface area (Å²) >= 11 is 0. The second kappa shape index (κ2) is 7.08. The van der Waals surface area contributed by atoms with E-state index in [1.54, 1.807) is 0 Å². The molecule has 0 saturated carbocycles. The van der Waals surface area contributed by atoms with E-state index < -0.39 is 17.4 Å². The van der Waals surface area contributed by atoms with Crippen molar-refractivity contribution in [3.8, 4) is 0 Å². The summed E-state index contributed by atoms with van der Waals surface area (Å²) in [5.74, 6) is -1.26. The number of carbonyl (C=O) groups is 2. The molecule has 0 fully saturated rings. The van der Waals surface area contributed by atoms with Gasteiger partial charge in [0.1, 0.15) is 0 Å². The van der Waals surface area contributed by atoms with Crippen LogP contribution in [0.15, 0.2) is 24.3 Å². The first-order valence-corrected chi connectivity index (χ1v) is 7.04. The van der Waals surface area contributed by atoms with Crippen LogP contribution >= 0.6 is 0 Å². The molecule has 1 rings (SSSR count). The van der Waals surface area contributed by atoms with Crippen LogP contribution in [-0.2, 0) is 16.0 Å². The van der Waals surface area contributed by atoms with Gasteiger partial charge in [-0.25, -0.2) is 0 Å². The summed E-state index contributed by atoms with van der Waals surface area (Å²) in [6, 6.07) is 7.61. The molecule has 1 aromatic carbocycles. The highest BCUT2D eigenvalue weighted by molar-refractivity contribution is 6.39. The smallest absolute Gasteiger partial charge is 0.313 e. The molecule has 110 valence electrons. The lowest BCUT2D eigenvalue weighted by Crippen LogP contribution is -2.46. The minimum Gasteiger partial charge on any atom is -0.343 e. The summed E-state index contributed by atoms with van der Waals surface area (Å²) in [5, 5.41) is 5.22. The largest absolute Gasteiger partial charge is 0.343 e. The Morgan fingerprint density at radius 1 is 1.05 bits per heavy atom. The number of hydrogen-bond acceptors (Lipinski definition) is 2. The van der Waals surface area contributed by atoms with Crippen LogP contribution in [0.1, 0.15) is 46.1 Å². The van der Waals surface area contributed by atoms with Gasteiger partial charge < -0.3 is 10.6 Å². The van der Waals surface area contributed by atoms with Crippen LogP contribution in [0.4, 0.5) is 5.69 Å². The number of amides is 2. The predicted molar refractivity (Wildman–Crippen MR) is 81.6 cm³/mol. The number of carbonyl (C=O) groups excluding carboxylic acids is 2. The van der Waals surface area contributed by atoms with E-state index in [4.69, 9.17) is 0 Å². The molecule has 20 heavy (non-hydrogen) atoms. The number of anilines is 1. The quantitative estimate of drug-likeness (QED) is 0.831. The van der Waals surface area contributed by atoms with E-state index in [1.165, 1.54) is 5.56 Å². The Morgan fingerprint density at radius 2 is 1.65 bits per heavy atom. The van der Waals surface area contributed by atoms with Crippen molar-refractivity contribution in [1.29, 1.82) is 0 Å². The van der Waals surface area contributed by atoms with E-state index in [9.17, 15) is 9.59 Å². The van der Waals surface area contributed by atoms with Gasteiger partial charge in [-0.05, 0) is 51.3 Å². The zero-order valence-corrected chi connectivity index (χ0v) is 12.7. The number of hydrogen-bond donors (Lipinski definition) is 2. The number of aryl methyl sites for hydroxylation is 1. The molecule has 0 unspecified atom stereocenters. The zero-order chi connectivity index (χ0) is 15.2. The molecule has 0 aliphatic carbocycles. The van der Waals surface area contributed by atoms with Gasteiger partial charge in [-0.15, -0.1) is 0 Å². The van der Waals surface area contributed by atoms with Crippen molar-refractivity contribution in [3.05, 3.63) is 29.8 Å². The van der Waals surface area contributed by atoms with Gasteiger partial charge in [-0.1, -0.05) is 25.5 Å². The number of benzene rings is 1. The normalized spacial score (nSPS) is 11.0. The molecule has 0 aromatic heterocycles. The molecule has 0 bridgehead atoms. The summed E-state index contributed by atoms with van der Waals surface area (Å²) in [4.78, 5) is 23.4. The minimum atomic E-state index is -0.638. The maximum atomic E-state index is 11.7. The van der Waals surface area contributed by atoms with Crippen molar-refractivity contribution in [2.24, 2.45) is 0 Å².